The third-order valence-electron chi connectivity index (χ3n) is 6.75. The van der Waals surface area contributed by atoms with Crippen molar-refractivity contribution in [1.29, 1.82) is 0 Å². The first kappa shape index (κ1) is 20.8. The second-order valence-corrected chi connectivity index (χ2v) is 10.4. The van der Waals surface area contributed by atoms with Gasteiger partial charge in [-0.3, -0.25) is 0 Å². The van der Waals surface area contributed by atoms with E-state index in [1.165, 1.54) is 42.4 Å². The van der Waals surface area contributed by atoms with Crippen LogP contribution >= 0.6 is 34.5 Å². The highest BCUT2D eigenvalue weighted by molar-refractivity contribution is 7.25. The molecule has 0 saturated heterocycles. The molecule has 0 aliphatic heterocycles. The number of allylic oxidation sites excluding steroid dienone is 1. The third kappa shape index (κ3) is 3.20. The number of hydrogen-bond donors (Lipinski definition) is 1. The molecule has 1 nitrogen and oxygen atoms in total. The summed E-state index contributed by atoms with van der Waals surface area (Å²) in [4.78, 5) is 0. The van der Waals surface area contributed by atoms with Gasteiger partial charge in [0.25, 0.3) is 0 Å². The monoisotopic (exact) mass is 485 g/mol. The molecule has 1 aromatic heterocycles. The van der Waals surface area contributed by atoms with Crippen molar-refractivity contribution in [2.24, 2.45) is 0 Å². The predicted molar refractivity (Wildman–Crippen MR) is 146 cm³/mol. The third-order valence-corrected chi connectivity index (χ3v) is 8.51. The first-order chi connectivity index (χ1) is 16.0. The van der Waals surface area contributed by atoms with Crippen LogP contribution < -0.4 is 5.32 Å². The van der Waals surface area contributed by atoms with Gasteiger partial charge in [0, 0.05) is 37.3 Å². The first-order valence-electron chi connectivity index (χ1n) is 11.0. The molecule has 0 bridgehead atoms. The lowest BCUT2D eigenvalue weighted by Crippen LogP contribution is -1.98. The first-order valence-corrected chi connectivity index (χ1v) is 12.6. The molecule has 1 aliphatic carbocycles. The van der Waals surface area contributed by atoms with E-state index in [0.29, 0.717) is 16.0 Å². The van der Waals surface area contributed by atoms with Gasteiger partial charge in [-0.05, 0) is 54.0 Å². The molecule has 5 aromatic rings. The molecule has 0 radical (unpaired) electrons. The largest absolute Gasteiger partial charge is 0.353 e. The Bertz CT molecular complexity index is 1570. The second-order valence-electron chi connectivity index (χ2n) is 8.55. The normalized spacial score (nSPS) is 15.5. The lowest BCUT2D eigenvalue weighted by Gasteiger charge is -2.17. The number of thiophene rings is 1. The van der Waals surface area contributed by atoms with Crippen LogP contribution in [0.5, 0.6) is 0 Å². The Labute approximate surface area is 207 Å². The Kier molecular flexibility index (Phi) is 4.99. The van der Waals surface area contributed by atoms with E-state index in [2.05, 4.69) is 73.8 Å². The van der Waals surface area contributed by atoms with E-state index in [0.717, 1.165) is 16.9 Å². The maximum absolute atomic E-state index is 6.47. The van der Waals surface area contributed by atoms with Crippen LogP contribution in [0, 0.1) is 0 Å². The topological polar surface area (TPSA) is 12.0 Å². The van der Waals surface area contributed by atoms with Crippen molar-refractivity contribution < 1.29 is 0 Å². The molecule has 6 rings (SSSR count). The summed E-state index contributed by atoms with van der Waals surface area (Å²) in [6.07, 6.45) is 0. The summed E-state index contributed by atoms with van der Waals surface area (Å²) >= 11 is 14.8. The highest BCUT2D eigenvalue weighted by atomic mass is 35.5. The van der Waals surface area contributed by atoms with Crippen LogP contribution in [0.15, 0.2) is 84.4 Å². The van der Waals surface area contributed by atoms with E-state index in [9.17, 15) is 0 Å². The maximum Gasteiger partial charge on any atom is 0.0763 e. The van der Waals surface area contributed by atoms with Crippen LogP contribution in [0.3, 0.4) is 0 Å². The van der Waals surface area contributed by atoms with E-state index in [1.807, 2.05) is 35.6 Å². The lowest BCUT2D eigenvalue weighted by molar-refractivity contribution is 0.931. The van der Waals surface area contributed by atoms with Gasteiger partial charge in [0.2, 0.25) is 0 Å². The molecule has 0 fully saturated rings. The van der Waals surface area contributed by atoms with Crippen LogP contribution in [0.1, 0.15) is 36.5 Å². The molecular weight excluding hydrogens is 465 g/mol. The lowest BCUT2D eigenvalue weighted by atomic mass is 9.93. The Morgan fingerprint density at radius 1 is 0.758 bits per heavy atom. The second kappa shape index (κ2) is 7.92. The number of benzene rings is 4. The van der Waals surface area contributed by atoms with Gasteiger partial charge in [-0.2, -0.15) is 0 Å². The van der Waals surface area contributed by atoms with Crippen LogP contribution in [0.4, 0.5) is 11.4 Å². The smallest absolute Gasteiger partial charge is 0.0763 e. The summed E-state index contributed by atoms with van der Waals surface area (Å²) in [6, 6.07) is 27.3. The molecule has 162 valence electrons. The van der Waals surface area contributed by atoms with Crippen LogP contribution in [-0.4, -0.2) is 0 Å². The molecule has 0 amide bonds. The van der Waals surface area contributed by atoms with Crippen molar-refractivity contribution in [3.8, 4) is 0 Å². The fraction of sp³-hybridized carbons (Fsp3) is 0.103. The van der Waals surface area contributed by atoms with Crippen molar-refractivity contribution in [3.63, 3.8) is 0 Å². The van der Waals surface area contributed by atoms with Gasteiger partial charge in [-0.15, -0.1) is 11.3 Å². The number of halogens is 2. The van der Waals surface area contributed by atoms with Gasteiger partial charge < -0.3 is 5.32 Å². The summed E-state index contributed by atoms with van der Waals surface area (Å²) in [5.74, 6) is 0.341. The number of para-hydroxylation sites is 2. The molecule has 1 unspecified atom stereocenters. The minimum atomic E-state index is 0.341. The molecule has 1 N–H and O–H groups in total. The van der Waals surface area contributed by atoms with Crippen LogP contribution in [-0.2, 0) is 0 Å². The van der Waals surface area contributed by atoms with E-state index in [1.54, 1.807) is 0 Å². The highest BCUT2D eigenvalue weighted by Crippen LogP contribution is 2.51. The zero-order valence-corrected chi connectivity index (χ0v) is 20.6. The minimum Gasteiger partial charge on any atom is -0.353 e. The van der Waals surface area contributed by atoms with Gasteiger partial charge in [0.1, 0.15) is 0 Å². The molecule has 33 heavy (non-hydrogen) atoms. The molecular formula is C29H21Cl2NS. The summed E-state index contributed by atoms with van der Waals surface area (Å²) < 4.78 is 2.69. The van der Waals surface area contributed by atoms with Crippen molar-refractivity contribution >= 4 is 71.7 Å². The van der Waals surface area contributed by atoms with Gasteiger partial charge in [0.05, 0.1) is 15.7 Å². The molecule has 0 spiro atoms. The number of anilines is 2. The van der Waals surface area contributed by atoms with Crippen LogP contribution in [0.2, 0.25) is 10.0 Å². The summed E-state index contributed by atoms with van der Waals surface area (Å²) in [6.45, 7) is 4.59. The fourth-order valence-electron chi connectivity index (χ4n) is 5.08. The average Bonchev–Trinajstić information content (AvgIpc) is 3.32. The number of hydrogen-bond acceptors (Lipinski definition) is 2. The molecule has 4 aromatic carbocycles. The zero-order valence-electron chi connectivity index (χ0n) is 18.2. The number of fused-ring (bicyclic) bond motifs is 5. The maximum atomic E-state index is 6.47. The SMILES string of the molecule is CC1=C(c2ccccc2Nc2c(Cl)cccc2Cl)c2ccc3sc4ccccc4c3c2C1C. The highest BCUT2D eigenvalue weighted by Gasteiger charge is 2.30. The Balaban J connectivity index is 1.56. The van der Waals surface area contributed by atoms with E-state index >= 15 is 0 Å². The minimum absolute atomic E-state index is 0.341. The summed E-state index contributed by atoms with van der Waals surface area (Å²) in [5, 5.41) is 7.48. The standard InChI is InChI=1S/C29H21Cl2NS/c1-16-17(2)27-20(14-15-25-28(27)19-9-4-6-13-24(19)33-25)26(16)18-8-3-5-12-23(18)32-29-21(30)10-7-11-22(29)31/h3-15,17,32H,1-2H3. The van der Waals surface area contributed by atoms with Crippen LogP contribution in [0.25, 0.3) is 25.7 Å². The summed E-state index contributed by atoms with van der Waals surface area (Å²) in [5.41, 5.74) is 8.32. The molecule has 0 saturated carbocycles. The van der Waals surface area contributed by atoms with Gasteiger partial charge in [-0.1, -0.05) is 84.2 Å². The Hall–Kier alpha value is -2.78. The fourth-order valence-corrected chi connectivity index (χ4v) is 6.69. The van der Waals surface area contributed by atoms with E-state index in [-0.39, 0.29) is 0 Å². The number of rotatable bonds is 3. The molecule has 4 heteroatoms. The van der Waals surface area contributed by atoms with Gasteiger partial charge >= 0.3 is 0 Å². The molecule has 1 atom stereocenters. The van der Waals surface area contributed by atoms with Crippen molar-refractivity contribution in [1.82, 2.24) is 0 Å². The quantitative estimate of drug-likeness (QED) is 0.268. The van der Waals surface area contributed by atoms with E-state index < -0.39 is 0 Å². The van der Waals surface area contributed by atoms with Crippen molar-refractivity contribution in [3.05, 3.63) is 111 Å². The van der Waals surface area contributed by atoms with Gasteiger partial charge in [-0.25, -0.2) is 0 Å². The number of nitrogens with one attached hydrogen (secondary N) is 1. The average molecular weight is 486 g/mol. The Morgan fingerprint density at radius 3 is 2.30 bits per heavy atom. The van der Waals surface area contributed by atoms with Crippen molar-refractivity contribution in [2.75, 3.05) is 5.32 Å². The predicted octanol–water partition coefficient (Wildman–Crippen LogP) is 10.0. The zero-order chi connectivity index (χ0) is 22.7. The van der Waals surface area contributed by atoms with Crippen molar-refractivity contribution in [2.45, 2.75) is 19.8 Å². The van der Waals surface area contributed by atoms with E-state index in [4.69, 9.17) is 23.2 Å². The molecule has 1 aliphatic rings. The summed E-state index contributed by atoms with van der Waals surface area (Å²) in [7, 11) is 0. The Morgan fingerprint density at radius 2 is 1.48 bits per heavy atom. The van der Waals surface area contributed by atoms with Gasteiger partial charge in [0.15, 0.2) is 0 Å². The molecule has 1 heterocycles.